The molecule has 0 aromatic carbocycles. The van der Waals surface area contributed by atoms with Gasteiger partial charge in [0, 0.05) is 0 Å². The van der Waals surface area contributed by atoms with Crippen LogP contribution in [0.5, 0.6) is 0 Å². The minimum Gasteiger partial charge on any atom is -0.0991 e. The van der Waals surface area contributed by atoms with Crippen molar-refractivity contribution in [3.63, 3.8) is 0 Å². The van der Waals surface area contributed by atoms with Crippen LogP contribution in [0.3, 0.4) is 0 Å². The van der Waals surface area contributed by atoms with Gasteiger partial charge in [-0.2, -0.15) is 0 Å². The molecule has 0 N–H and O–H groups in total. The molecule has 98 valence electrons. The van der Waals surface area contributed by atoms with Gasteiger partial charge >= 0.3 is 0 Å². The summed E-state index contributed by atoms with van der Waals surface area (Å²) >= 11 is 0. The molecule has 0 heteroatoms. The normalized spacial score (nSPS) is 14.8. The lowest BCUT2D eigenvalue weighted by molar-refractivity contribution is 0.351. The molecule has 1 unspecified atom stereocenters. The van der Waals surface area contributed by atoms with Crippen molar-refractivity contribution in [1.82, 2.24) is 0 Å². The summed E-state index contributed by atoms with van der Waals surface area (Å²) in [5, 5.41) is 0. The predicted octanol–water partition coefficient (Wildman–Crippen LogP) is 5.92. The summed E-state index contributed by atoms with van der Waals surface area (Å²) in [5.41, 5.74) is 1.22. The zero-order valence-corrected chi connectivity index (χ0v) is 12.0. The second-order valence-electron chi connectivity index (χ2n) is 5.21. The van der Waals surface area contributed by atoms with E-state index in [1.165, 1.54) is 37.7 Å². The number of hydrogen-bond donors (Lipinski definition) is 0. The Morgan fingerprint density at radius 2 is 2.00 bits per heavy atom. The van der Waals surface area contributed by atoms with Gasteiger partial charge in [-0.3, -0.25) is 0 Å². The van der Waals surface area contributed by atoms with E-state index < -0.39 is 0 Å². The topological polar surface area (TPSA) is 0 Å². The van der Waals surface area contributed by atoms with Crippen molar-refractivity contribution in [3.05, 3.63) is 37.0 Å². The average molecular weight is 234 g/mol. The largest absolute Gasteiger partial charge is 0.0991 e. The fourth-order valence-electron chi connectivity index (χ4n) is 2.35. The van der Waals surface area contributed by atoms with Crippen LogP contribution < -0.4 is 0 Å². The van der Waals surface area contributed by atoms with Crippen LogP contribution in [0, 0.1) is 11.8 Å². The van der Waals surface area contributed by atoms with E-state index >= 15 is 0 Å². The highest BCUT2D eigenvalue weighted by atomic mass is 14.2. The average Bonchev–Trinajstić information content (AvgIpc) is 2.31. The molecule has 17 heavy (non-hydrogen) atoms. The molecule has 0 heterocycles. The van der Waals surface area contributed by atoms with Crippen molar-refractivity contribution in [2.45, 2.75) is 59.3 Å². The van der Waals surface area contributed by atoms with Crippen molar-refractivity contribution in [2.75, 3.05) is 0 Å². The van der Waals surface area contributed by atoms with Crippen molar-refractivity contribution >= 4 is 0 Å². The molecule has 0 spiro atoms. The molecule has 0 amide bonds. The fourth-order valence-corrected chi connectivity index (χ4v) is 2.35. The maximum atomic E-state index is 4.09. The summed E-state index contributed by atoms with van der Waals surface area (Å²) in [4.78, 5) is 0. The molecule has 0 aromatic rings. The third kappa shape index (κ3) is 8.97. The molecule has 0 aliphatic heterocycles. The van der Waals surface area contributed by atoms with Gasteiger partial charge in [0.05, 0.1) is 0 Å². The minimum absolute atomic E-state index is 0.749. The quantitative estimate of drug-likeness (QED) is 0.412. The lowest BCUT2D eigenvalue weighted by Crippen LogP contribution is -2.06. The highest BCUT2D eigenvalue weighted by molar-refractivity contribution is 5.18. The molecule has 0 rings (SSSR count). The monoisotopic (exact) mass is 234 g/mol. The van der Waals surface area contributed by atoms with Crippen molar-refractivity contribution < 1.29 is 0 Å². The Labute approximate surface area is 109 Å². The van der Waals surface area contributed by atoms with E-state index in [0.717, 1.165) is 18.3 Å². The number of rotatable bonds is 10. The standard InChI is InChI=1S/C17H30/c1-6-9-11-15(4)13-16(5)14-17(8-3)12-10-7-2/h6,9,11,16-17H,1,4,7-8,10,12-14H2,2-3,5H3/b11-9-/t16-,17?/m1/s1. The Morgan fingerprint density at radius 3 is 2.53 bits per heavy atom. The van der Waals surface area contributed by atoms with Crippen LogP contribution >= 0.6 is 0 Å². The van der Waals surface area contributed by atoms with Crippen molar-refractivity contribution in [3.8, 4) is 0 Å². The van der Waals surface area contributed by atoms with Crippen LogP contribution in [-0.4, -0.2) is 0 Å². The molecule has 0 bridgehead atoms. The zero-order valence-electron chi connectivity index (χ0n) is 12.0. The maximum Gasteiger partial charge on any atom is -0.0259 e. The Morgan fingerprint density at radius 1 is 1.29 bits per heavy atom. The Bertz CT molecular complexity index is 234. The Hall–Kier alpha value is -0.780. The third-order valence-electron chi connectivity index (χ3n) is 3.36. The van der Waals surface area contributed by atoms with Gasteiger partial charge in [0.1, 0.15) is 0 Å². The lowest BCUT2D eigenvalue weighted by atomic mass is 9.86. The van der Waals surface area contributed by atoms with Gasteiger partial charge in [-0.05, 0) is 24.7 Å². The summed E-state index contributed by atoms with van der Waals surface area (Å²) in [6, 6.07) is 0. The highest BCUT2D eigenvalue weighted by Crippen LogP contribution is 2.25. The molecule has 0 aliphatic carbocycles. The summed E-state index contributed by atoms with van der Waals surface area (Å²) in [6.07, 6.45) is 13.7. The van der Waals surface area contributed by atoms with Crippen LogP contribution in [-0.2, 0) is 0 Å². The SMILES string of the molecule is C=C/C=C\C(=C)C[C@@H](C)CC(CC)CCCC. The van der Waals surface area contributed by atoms with Gasteiger partial charge in [-0.25, -0.2) is 0 Å². The number of unbranched alkanes of at least 4 members (excludes halogenated alkanes) is 1. The first-order chi connectivity index (χ1) is 8.13. The van der Waals surface area contributed by atoms with E-state index in [0.29, 0.717) is 0 Å². The molecule has 0 nitrogen and oxygen atoms in total. The molecule has 0 aliphatic rings. The molecular weight excluding hydrogens is 204 g/mol. The van der Waals surface area contributed by atoms with Crippen molar-refractivity contribution in [2.24, 2.45) is 11.8 Å². The first kappa shape index (κ1) is 16.2. The van der Waals surface area contributed by atoms with Crippen LogP contribution in [0.4, 0.5) is 0 Å². The van der Waals surface area contributed by atoms with Gasteiger partial charge in [0.25, 0.3) is 0 Å². The smallest absolute Gasteiger partial charge is 0.0259 e. The zero-order chi connectivity index (χ0) is 13.1. The highest BCUT2D eigenvalue weighted by Gasteiger charge is 2.11. The first-order valence-corrected chi connectivity index (χ1v) is 7.10. The Balaban J connectivity index is 3.96. The molecule has 0 aromatic heterocycles. The lowest BCUT2D eigenvalue weighted by Gasteiger charge is -2.19. The first-order valence-electron chi connectivity index (χ1n) is 7.10. The van der Waals surface area contributed by atoms with E-state index in [-0.39, 0.29) is 0 Å². The molecule has 0 radical (unpaired) electrons. The summed E-state index contributed by atoms with van der Waals surface area (Å²) in [6.45, 7) is 14.7. The molecule has 0 saturated carbocycles. The summed E-state index contributed by atoms with van der Waals surface area (Å²) in [7, 11) is 0. The van der Waals surface area contributed by atoms with Crippen LogP contribution in [0.2, 0.25) is 0 Å². The van der Waals surface area contributed by atoms with E-state index in [1.807, 2.05) is 12.2 Å². The Kier molecular flexibility index (Phi) is 9.90. The van der Waals surface area contributed by atoms with E-state index in [4.69, 9.17) is 0 Å². The van der Waals surface area contributed by atoms with Gasteiger partial charge in [-0.15, -0.1) is 0 Å². The van der Waals surface area contributed by atoms with Gasteiger partial charge in [0.15, 0.2) is 0 Å². The van der Waals surface area contributed by atoms with Gasteiger partial charge in [0.2, 0.25) is 0 Å². The molecule has 0 saturated heterocycles. The maximum absolute atomic E-state index is 4.09. The summed E-state index contributed by atoms with van der Waals surface area (Å²) in [5.74, 6) is 1.65. The van der Waals surface area contributed by atoms with Crippen LogP contribution in [0.15, 0.2) is 37.0 Å². The van der Waals surface area contributed by atoms with E-state index in [1.54, 1.807) is 0 Å². The van der Waals surface area contributed by atoms with Crippen LogP contribution in [0.1, 0.15) is 59.3 Å². The predicted molar refractivity (Wildman–Crippen MR) is 80.2 cm³/mol. The molecular formula is C17H30. The minimum atomic E-state index is 0.749. The number of hydrogen-bond acceptors (Lipinski definition) is 0. The third-order valence-corrected chi connectivity index (χ3v) is 3.36. The second kappa shape index (κ2) is 10.4. The van der Waals surface area contributed by atoms with Gasteiger partial charge in [-0.1, -0.05) is 83.4 Å². The van der Waals surface area contributed by atoms with E-state index in [2.05, 4.69) is 40.0 Å². The molecule has 0 fully saturated rings. The van der Waals surface area contributed by atoms with Gasteiger partial charge < -0.3 is 0 Å². The summed E-state index contributed by atoms with van der Waals surface area (Å²) < 4.78 is 0. The van der Waals surface area contributed by atoms with Crippen molar-refractivity contribution in [1.29, 1.82) is 0 Å². The number of allylic oxidation sites excluding steroid dienone is 4. The van der Waals surface area contributed by atoms with E-state index in [9.17, 15) is 0 Å². The molecule has 2 atom stereocenters. The van der Waals surface area contributed by atoms with Crippen LogP contribution in [0.25, 0.3) is 0 Å². The fraction of sp³-hybridized carbons (Fsp3) is 0.647. The second-order valence-corrected chi connectivity index (χ2v) is 5.21.